The van der Waals surface area contributed by atoms with Crippen molar-refractivity contribution in [2.24, 2.45) is 0 Å². The number of para-hydroxylation sites is 1. The molecule has 0 amide bonds. The first kappa shape index (κ1) is 25.2. The van der Waals surface area contributed by atoms with Crippen molar-refractivity contribution < 1.29 is 22.7 Å². The minimum Gasteiger partial charge on any atom is -0.457 e. The predicted octanol–water partition coefficient (Wildman–Crippen LogP) is 4.09. The van der Waals surface area contributed by atoms with Crippen LogP contribution in [-0.2, 0) is 29.8 Å². The highest BCUT2D eigenvalue weighted by Gasteiger charge is 2.38. The minimum absolute atomic E-state index is 0.0295. The molecule has 33 heavy (non-hydrogen) atoms. The lowest BCUT2D eigenvalue weighted by Crippen LogP contribution is -2.28. The number of hydrogen-bond donors (Lipinski definition) is 1. The van der Waals surface area contributed by atoms with Gasteiger partial charge in [0, 0.05) is 36.5 Å². The predicted molar refractivity (Wildman–Crippen MR) is 128 cm³/mol. The fourth-order valence-corrected chi connectivity index (χ4v) is 5.95. The van der Waals surface area contributed by atoms with Crippen molar-refractivity contribution in [1.29, 1.82) is 0 Å². The Hall–Kier alpha value is -2.39. The van der Waals surface area contributed by atoms with Gasteiger partial charge in [-0.1, -0.05) is 61.3 Å². The minimum atomic E-state index is -4.01. The normalized spacial score (nSPS) is 16.0. The van der Waals surface area contributed by atoms with E-state index < -0.39 is 22.6 Å². The molecule has 1 heterocycles. The quantitative estimate of drug-likeness (QED) is 0.424. The van der Waals surface area contributed by atoms with Crippen LogP contribution in [-0.4, -0.2) is 40.4 Å². The van der Waals surface area contributed by atoms with Gasteiger partial charge in [0.05, 0.1) is 16.5 Å². The number of carbonyl (C=O) groups excluding carboxylic acids is 2. The molecule has 0 aliphatic carbocycles. The summed E-state index contributed by atoms with van der Waals surface area (Å²) in [6.45, 7) is 3.38. The third kappa shape index (κ3) is 5.41. The number of ketones is 1. The van der Waals surface area contributed by atoms with Gasteiger partial charge in [0.25, 0.3) is 0 Å². The summed E-state index contributed by atoms with van der Waals surface area (Å²) in [6, 6.07) is 12.2. The Bertz CT molecular complexity index is 1200. The van der Waals surface area contributed by atoms with Crippen molar-refractivity contribution in [2.75, 3.05) is 25.1 Å². The van der Waals surface area contributed by atoms with Gasteiger partial charge in [0.2, 0.25) is 10.0 Å². The number of likely N-dealkylation sites (N-methyl/N-ethyl adjacent to an activating group) is 1. The highest BCUT2D eigenvalue weighted by Crippen LogP contribution is 2.46. The van der Waals surface area contributed by atoms with Gasteiger partial charge < -0.3 is 9.64 Å². The SMILES string of the molecule is CN1/C(=C\C(=O)COC(=O)CCNS(=O)(=O)c2c(Cl)cccc2Cl)C(C)(C)c2ccccc21. The second-order valence-corrected chi connectivity index (χ2v) is 10.6. The fraction of sp³-hybridized carbons (Fsp3) is 0.304. The molecular weight excluding hydrogens is 487 g/mol. The molecule has 2 aromatic rings. The number of esters is 1. The maximum atomic E-state index is 12.5. The zero-order chi connectivity index (χ0) is 24.4. The average Bonchev–Trinajstić information content (AvgIpc) is 2.93. The van der Waals surface area contributed by atoms with E-state index in [-0.39, 0.29) is 39.1 Å². The second kappa shape index (κ2) is 9.85. The molecule has 0 fully saturated rings. The van der Waals surface area contributed by atoms with Gasteiger partial charge in [-0.05, 0) is 23.8 Å². The number of nitrogens with one attached hydrogen (secondary N) is 1. The van der Waals surface area contributed by atoms with Gasteiger partial charge in [0.15, 0.2) is 12.4 Å². The second-order valence-electron chi connectivity index (χ2n) is 8.06. The van der Waals surface area contributed by atoms with Crippen LogP contribution in [0.15, 0.2) is 59.1 Å². The van der Waals surface area contributed by atoms with E-state index in [1.165, 1.54) is 24.3 Å². The summed E-state index contributed by atoms with van der Waals surface area (Å²) in [7, 11) is -2.13. The number of carbonyl (C=O) groups is 2. The molecule has 0 spiro atoms. The lowest BCUT2D eigenvalue weighted by atomic mass is 9.83. The van der Waals surface area contributed by atoms with E-state index in [2.05, 4.69) is 4.72 Å². The Labute approximate surface area is 203 Å². The molecule has 3 rings (SSSR count). The number of allylic oxidation sites excluding steroid dienone is 1. The average molecular weight is 511 g/mol. The zero-order valence-corrected chi connectivity index (χ0v) is 20.7. The van der Waals surface area contributed by atoms with E-state index in [1.807, 2.05) is 50.1 Å². The van der Waals surface area contributed by atoms with Crippen LogP contribution in [0, 0.1) is 0 Å². The number of nitrogens with zero attached hydrogens (tertiary/aromatic N) is 1. The summed E-state index contributed by atoms with van der Waals surface area (Å²) < 4.78 is 32.1. The molecule has 1 N–H and O–H groups in total. The molecule has 1 aliphatic rings. The molecule has 2 aromatic carbocycles. The van der Waals surface area contributed by atoms with Crippen LogP contribution < -0.4 is 9.62 Å². The molecular formula is C23H24Cl2N2O5S. The number of anilines is 1. The van der Waals surface area contributed by atoms with E-state index in [4.69, 9.17) is 27.9 Å². The van der Waals surface area contributed by atoms with E-state index in [0.29, 0.717) is 0 Å². The fourth-order valence-electron chi connectivity index (χ4n) is 3.78. The van der Waals surface area contributed by atoms with Crippen LogP contribution in [0.25, 0.3) is 0 Å². The number of rotatable bonds is 8. The van der Waals surface area contributed by atoms with Gasteiger partial charge in [-0.25, -0.2) is 13.1 Å². The zero-order valence-electron chi connectivity index (χ0n) is 18.4. The summed E-state index contributed by atoms with van der Waals surface area (Å²) in [5.41, 5.74) is 2.55. The van der Waals surface area contributed by atoms with Gasteiger partial charge in [-0.2, -0.15) is 0 Å². The van der Waals surface area contributed by atoms with E-state index in [1.54, 1.807) is 0 Å². The van der Waals surface area contributed by atoms with Crippen LogP contribution in [0.5, 0.6) is 0 Å². The monoisotopic (exact) mass is 510 g/mol. The van der Waals surface area contributed by atoms with Crippen molar-refractivity contribution in [2.45, 2.75) is 30.6 Å². The first-order valence-electron chi connectivity index (χ1n) is 10.1. The maximum absolute atomic E-state index is 12.5. The lowest BCUT2D eigenvalue weighted by Gasteiger charge is -2.23. The van der Waals surface area contributed by atoms with E-state index in [9.17, 15) is 18.0 Å². The summed E-state index contributed by atoms with van der Waals surface area (Å²) in [5, 5.41) is -0.0590. The largest absolute Gasteiger partial charge is 0.457 e. The van der Waals surface area contributed by atoms with Crippen LogP contribution >= 0.6 is 23.2 Å². The van der Waals surface area contributed by atoms with Gasteiger partial charge in [0.1, 0.15) is 4.90 Å². The van der Waals surface area contributed by atoms with Gasteiger partial charge >= 0.3 is 5.97 Å². The number of ether oxygens (including phenoxy) is 1. The Morgan fingerprint density at radius 2 is 1.73 bits per heavy atom. The molecule has 7 nitrogen and oxygen atoms in total. The van der Waals surface area contributed by atoms with Crippen molar-refractivity contribution in [1.82, 2.24) is 4.72 Å². The highest BCUT2D eigenvalue weighted by molar-refractivity contribution is 7.89. The number of fused-ring (bicyclic) bond motifs is 1. The first-order valence-corrected chi connectivity index (χ1v) is 12.4. The summed E-state index contributed by atoms with van der Waals surface area (Å²) in [5.74, 6) is -1.08. The van der Waals surface area contributed by atoms with Crippen molar-refractivity contribution in [3.8, 4) is 0 Å². The standard InChI is InChI=1S/C23H24Cl2N2O5S/c1-23(2)16-7-4-5-10-19(16)27(3)20(23)13-15(28)14-32-21(29)11-12-26-33(30,31)22-17(24)8-6-9-18(22)25/h4-10,13,26H,11-12,14H2,1-3H3/b20-13-. The van der Waals surface area contributed by atoms with Gasteiger partial charge in [-0.3, -0.25) is 9.59 Å². The van der Waals surface area contributed by atoms with Crippen molar-refractivity contribution >= 4 is 50.7 Å². The Balaban J connectivity index is 1.54. The number of halogens is 2. The molecule has 0 unspecified atom stereocenters. The van der Waals surface area contributed by atoms with E-state index >= 15 is 0 Å². The van der Waals surface area contributed by atoms with Crippen LogP contribution in [0.2, 0.25) is 10.0 Å². The van der Waals surface area contributed by atoms with Crippen LogP contribution in [0.3, 0.4) is 0 Å². The third-order valence-electron chi connectivity index (χ3n) is 5.42. The third-order valence-corrected chi connectivity index (χ3v) is 7.84. The number of sulfonamides is 1. The maximum Gasteiger partial charge on any atom is 0.307 e. The molecule has 10 heteroatoms. The van der Waals surface area contributed by atoms with Crippen molar-refractivity contribution in [3.05, 3.63) is 69.8 Å². The smallest absolute Gasteiger partial charge is 0.307 e. The molecule has 1 aliphatic heterocycles. The Kier molecular flexibility index (Phi) is 7.53. The highest BCUT2D eigenvalue weighted by atomic mass is 35.5. The Morgan fingerprint density at radius 1 is 1.09 bits per heavy atom. The molecule has 0 aromatic heterocycles. The first-order chi connectivity index (χ1) is 15.4. The number of benzene rings is 2. The Morgan fingerprint density at radius 3 is 2.36 bits per heavy atom. The lowest BCUT2D eigenvalue weighted by molar-refractivity contribution is -0.146. The summed E-state index contributed by atoms with van der Waals surface area (Å²) in [6.07, 6.45) is 1.22. The molecule has 0 saturated heterocycles. The molecule has 0 radical (unpaired) electrons. The van der Waals surface area contributed by atoms with Crippen LogP contribution in [0.1, 0.15) is 25.8 Å². The molecule has 0 bridgehead atoms. The topological polar surface area (TPSA) is 92.8 Å². The summed E-state index contributed by atoms with van der Waals surface area (Å²) >= 11 is 11.9. The summed E-state index contributed by atoms with van der Waals surface area (Å²) in [4.78, 5) is 26.2. The molecule has 0 atom stereocenters. The molecule has 0 saturated carbocycles. The van der Waals surface area contributed by atoms with Crippen molar-refractivity contribution in [3.63, 3.8) is 0 Å². The number of hydrogen-bond acceptors (Lipinski definition) is 6. The molecule has 176 valence electrons. The van der Waals surface area contributed by atoms with Gasteiger partial charge in [-0.15, -0.1) is 0 Å². The van der Waals surface area contributed by atoms with E-state index in [0.717, 1.165) is 16.9 Å². The van der Waals surface area contributed by atoms with Crippen LogP contribution in [0.4, 0.5) is 5.69 Å².